The number of fused-ring (bicyclic) bond motifs is 3. The number of thiophene rings is 1. The molecule has 1 aromatic carbocycles. The van der Waals surface area contributed by atoms with Gasteiger partial charge in [0.05, 0.1) is 24.8 Å². The van der Waals surface area contributed by atoms with E-state index in [0.717, 1.165) is 33.5 Å². The van der Waals surface area contributed by atoms with Gasteiger partial charge in [0.1, 0.15) is 9.88 Å². The average Bonchev–Trinajstić information content (AvgIpc) is 3.39. The molecule has 0 bridgehead atoms. The molecule has 0 spiro atoms. The SMILES string of the molecule is CCOC(=O)c1c(NC(=O)CCSc2nnc3cc(C)c4ccccc4n23)sc(C(=O)OC)c1C. The number of rotatable bonds is 8. The molecule has 3 aromatic heterocycles. The first kappa shape index (κ1) is 24.7. The molecule has 0 aliphatic rings. The molecule has 4 rings (SSSR count). The summed E-state index contributed by atoms with van der Waals surface area (Å²) < 4.78 is 11.9. The second kappa shape index (κ2) is 10.4. The number of thioether (sulfide) groups is 1. The Morgan fingerprint density at radius 3 is 2.66 bits per heavy atom. The molecular formula is C24H24N4O5S2. The van der Waals surface area contributed by atoms with Crippen LogP contribution in [0.5, 0.6) is 0 Å². The predicted octanol–water partition coefficient (Wildman–Crippen LogP) is 4.65. The summed E-state index contributed by atoms with van der Waals surface area (Å²) in [6.07, 6.45) is 0.163. The number of carbonyl (C=O) groups is 3. The van der Waals surface area contributed by atoms with Gasteiger partial charge in [0.25, 0.3) is 0 Å². The van der Waals surface area contributed by atoms with E-state index in [-0.39, 0.29) is 34.4 Å². The highest BCUT2D eigenvalue weighted by Crippen LogP contribution is 2.34. The van der Waals surface area contributed by atoms with Crippen molar-refractivity contribution in [2.75, 3.05) is 24.8 Å². The number of carbonyl (C=O) groups excluding carboxylic acids is 3. The number of amides is 1. The monoisotopic (exact) mass is 512 g/mol. The summed E-state index contributed by atoms with van der Waals surface area (Å²) in [7, 11) is 1.26. The molecule has 1 amide bonds. The number of hydrogen-bond donors (Lipinski definition) is 1. The fourth-order valence-corrected chi connectivity index (χ4v) is 5.75. The van der Waals surface area contributed by atoms with Crippen LogP contribution in [-0.2, 0) is 14.3 Å². The van der Waals surface area contributed by atoms with Gasteiger partial charge in [0.15, 0.2) is 10.8 Å². The lowest BCUT2D eigenvalue weighted by atomic mass is 10.1. The van der Waals surface area contributed by atoms with Gasteiger partial charge in [0.2, 0.25) is 5.91 Å². The third kappa shape index (κ3) is 4.87. The maximum atomic E-state index is 12.7. The van der Waals surface area contributed by atoms with Gasteiger partial charge in [-0.25, -0.2) is 9.59 Å². The van der Waals surface area contributed by atoms with Crippen molar-refractivity contribution in [3.63, 3.8) is 0 Å². The van der Waals surface area contributed by atoms with Gasteiger partial charge in [-0.3, -0.25) is 9.20 Å². The number of nitrogens with one attached hydrogen (secondary N) is 1. The first-order chi connectivity index (χ1) is 16.8. The van der Waals surface area contributed by atoms with Crippen LogP contribution in [0.2, 0.25) is 0 Å². The number of aromatic nitrogens is 3. The number of nitrogens with zero attached hydrogens (tertiary/aromatic N) is 3. The Morgan fingerprint density at radius 1 is 1.14 bits per heavy atom. The number of anilines is 1. The minimum atomic E-state index is -0.599. The Labute approximate surface area is 209 Å². The Morgan fingerprint density at radius 2 is 1.91 bits per heavy atom. The first-order valence-corrected chi connectivity index (χ1v) is 12.7. The Kier molecular flexibility index (Phi) is 7.37. The normalized spacial score (nSPS) is 11.1. The van der Waals surface area contributed by atoms with Gasteiger partial charge < -0.3 is 14.8 Å². The zero-order valence-corrected chi connectivity index (χ0v) is 21.3. The van der Waals surface area contributed by atoms with E-state index in [0.29, 0.717) is 16.5 Å². The molecule has 3 heterocycles. The van der Waals surface area contributed by atoms with Crippen molar-refractivity contribution in [3.8, 4) is 0 Å². The molecule has 0 saturated heterocycles. The Balaban J connectivity index is 1.50. The number of pyridine rings is 1. The van der Waals surface area contributed by atoms with Crippen molar-refractivity contribution in [2.24, 2.45) is 0 Å². The summed E-state index contributed by atoms with van der Waals surface area (Å²) in [5.41, 5.74) is 3.46. The zero-order valence-electron chi connectivity index (χ0n) is 19.7. The van der Waals surface area contributed by atoms with Gasteiger partial charge in [-0.05, 0) is 44.0 Å². The van der Waals surface area contributed by atoms with Crippen molar-refractivity contribution >= 4 is 62.5 Å². The van der Waals surface area contributed by atoms with E-state index in [9.17, 15) is 14.4 Å². The van der Waals surface area contributed by atoms with Crippen LogP contribution in [0.25, 0.3) is 16.6 Å². The molecule has 0 saturated carbocycles. The van der Waals surface area contributed by atoms with E-state index in [1.165, 1.54) is 18.9 Å². The molecule has 4 aromatic rings. The lowest BCUT2D eigenvalue weighted by molar-refractivity contribution is -0.115. The summed E-state index contributed by atoms with van der Waals surface area (Å²) in [6.45, 7) is 5.53. The van der Waals surface area contributed by atoms with Gasteiger partial charge >= 0.3 is 11.9 Å². The molecular weight excluding hydrogens is 488 g/mol. The number of esters is 2. The molecule has 1 N–H and O–H groups in total. The highest BCUT2D eigenvalue weighted by atomic mass is 32.2. The molecule has 35 heavy (non-hydrogen) atoms. The minimum Gasteiger partial charge on any atom is -0.465 e. The first-order valence-electron chi connectivity index (χ1n) is 10.9. The molecule has 0 unspecified atom stereocenters. The fraction of sp³-hybridized carbons (Fsp3) is 0.292. The molecule has 9 nitrogen and oxygen atoms in total. The number of hydrogen-bond acceptors (Lipinski definition) is 9. The third-order valence-corrected chi connectivity index (χ3v) is 7.50. The highest BCUT2D eigenvalue weighted by Gasteiger charge is 2.27. The van der Waals surface area contributed by atoms with Crippen LogP contribution in [-0.4, -0.2) is 51.9 Å². The van der Waals surface area contributed by atoms with E-state index in [1.54, 1.807) is 13.8 Å². The summed E-state index contributed by atoms with van der Waals surface area (Å²) >= 11 is 2.41. The molecule has 0 atom stereocenters. The maximum Gasteiger partial charge on any atom is 0.348 e. The Bertz CT molecular complexity index is 1440. The third-order valence-electron chi connectivity index (χ3n) is 5.38. The largest absolute Gasteiger partial charge is 0.465 e. The number of benzene rings is 1. The van der Waals surface area contributed by atoms with E-state index in [1.807, 2.05) is 35.6 Å². The van der Waals surface area contributed by atoms with Gasteiger partial charge in [-0.2, -0.15) is 0 Å². The fourth-order valence-electron chi connectivity index (χ4n) is 3.73. The quantitative estimate of drug-likeness (QED) is 0.268. The number of aryl methyl sites for hydroxylation is 1. The van der Waals surface area contributed by atoms with Crippen LogP contribution in [0.1, 0.15) is 44.5 Å². The lowest BCUT2D eigenvalue weighted by Crippen LogP contribution is -2.15. The van der Waals surface area contributed by atoms with Crippen molar-refractivity contribution < 1.29 is 23.9 Å². The molecule has 0 aliphatic heterocycles. The maximum absolute atomic E-state index is 12.7. The summed E-state index contributed by atoms with van der Waals surface area (Å²) in [6, 6.07) is 10.0. The van der Waals surface area contributed by atoms with Gasteiger partial charge in [-0.15, -0.1) is 21.5 Å². The van der Waals surface area contributed by atoms with Crippen LogP contribution in [0.3, 0.4) is 0 Å². The predicted molar refractivity (Wildman–Crippen MR) is 136 cm³/mol. The van der Waals surface area contributed by atoms with Crippen LogP contribution < -0.4 is 5.32 Å². The second-order valence-electron chi connectivity index (χ2n) is 7.64. The minimum absolute atomic E-state index is 0.163. The van der Waals surface area contributed by atoms with Crippen LogP contribution >= 0.6 is 23.1 Å². The highest BCUT2D eigenvalue weighted by molar-refractivity contribution is 7.99. The van der Waals surface area contributed by atoms with Crippen LogP contribution in [0.4, 0.5) is 5.00 Å². The van der Waals surface area contributed by atoms with Crippen molar-refractivity contribution in [3.05, 3.63) is 51.9 Å². The van der Waals surface area contributed by atoms with E-state index in [4.69, 9.17) is 9.47 Å². The van der Waals surface area contributed by atoms with Gasteiger partial charge in [-0.1, -0.05) is 30.0 Å². The summed E-state index contributed by atoms with van der Waals surface area (Å²) in [5, 5.41) is 13.4. The average molecular weight is 513 g/mol. The number of ether oxygens (including phenoxy) is 2. The van der Waals surface area contributed by atoms with Gasteiger partial charge in [0, 0.05) is 17.6 Å². The molecule has 0 fully saturated rings. The second-order valence-corrected chi connectivity index (χ2v) is 9.72. The number of para-hydroxylation sites is 1. The molecule has 11 heteroatoms. The Hall–Kier alpha value is -3.44. The smallest absolute Gasteiger partial charge is 0.348 e. The zero-order chi connectivity index (χ0) is 25.1. The van der Waals surface area contributed by atoms with Crippen LogP contribution in [0, 0.1) is 13.8 Å². The topological polar surface area (TPSA) is 112 Å². The number of methoxy groups -OCH3 is 1. The van der Waals surface area contributed by atoms with Crippen molar-refractivity contribution in [2.45, 2.75) is 32.3 Å². The molecule has 0 radical (unpaired) electrons. The lowest BCUT2D eigenvalue weighted by Gasteiger charge is -2.08. The van der Waals surface area contributed by atoms with Crippen molar-refractivity contribution in [1.82, 2.24) is 14.6 Å². The van der Waals surface area contributed by atoms with E-state index in [2.05, 4.69) is 21.6 Å². The molecule has 182 valence electrons. The summed E-state index contributed by atoms with van der Waals surface area (Å²) in [4.78, 5) is 37.5. The van der Waals surface area contributed by atoms with E-state index >= 15 is 0 Å². The standard InChI is InChI=1S/C24H24N4O5S2/c1-5-33-22(30)19-14(3)20(23(31)32-4)35-21(19)25-18(29)10-11-34-24-27-26-17-12-13(2)15-8-6-7-9-16(15)28(17)24/h6-9,12H,5,10-11H2,1-4H3,(H,25,29). The summed E-state index contributed by atoms with van der Waals surface area (Å²) in [5.74, 6) is -1.03. The van der Waals surface area contributed by atoms with E-state index < -0.39 is 11.9 Å². The molecule has 0 aliphatic carbocycles. The van der Waals surface area contributed by atoms with Crippen molar-refractivity contribution in [1.29, 1.82) is 0 Å². The van der Waals surface area contributed by atoms with Crippen LogP contribution in [0.15, 0.2) is 35.5 Å².